The number of hydrogen-bond acceptors (Lipinski definition) is 4. The Morgan fingerprint density at radius 1 is 0.800 bits per heavy atom. The van der Waals surface area contributed by atoms with Crippen LogP contribution in [0.4, 0.5) is 0 Å². The molecule has 0 atom stereocenters. The van der Waals surface area contributed by atoms with Crippen molar-refractivity contribution in [2.75, 3.05) is 6.54 Å². The molecule has 0 spiro atoms. The topological polar surface area (TPSA) is 79.8 Å². The van der Waals surface area contributed by atoms with E-state index < -0.39 is 11.8 Å². The molecule has 3 rings (SSSR count). The summed E-state index contributed by atoms with van der Waals surface area (Å²) in [6, 6.07) is 26.9. The zero-order valence-electron chi connectivity index (χ0n) is 16.5. The van der Waals surface area contributed by atoms with Crippen LogP contribution in [-0.2, 0) is 22.6 Å². The highest BCUT2D eigenvalue weighted by molar-refractivity contribution is 6.35. The third-order valence-corrected chi connectivity index (χ3v) is 4.26. The summed E-state index contributed by atoms with van der Waals surface area (Å²) < 4.78 is 5.72. The molecular weight excluding hydrogens is 378 g/mol. The van der Waals surface area contributed by atoms with Crippen molar-refractivity contribution >= 4 is 18.0 Å². The first-order chi connectivity index (χ1) is 14.7. The van der Waals surface area contributed by atoms with E-state index in [1.54, 1.807) is 0 Å². The number of amides is 2. The normalized spacial score (nSPS) is 10.5. The van der Waals surface area contributed by atoms with E-state index >= 15 is 0 Å². The van der Waals surface area contributed by atoms with Crippen LogP contribution < -0.4 is 15.5 Å². The Hall–Kier alpha value is -3.93. The van der Waals surface area contributed by atoms with Gasteiger partial charge in [-0.15, -0.1) is 0 Å². The molecule has 6 nitrogen and oxygen atoms in total. The van der Waals surface area contributed by atoms with E-state index in [2.05, 4.69) is 15.8 Å². The minimum absolute atomic E-state index is 0.379. The van der Waals surface area contributed by atoms with Gasteiger partial charge < -0.3 is 10.1 Å². The lowest BCUT2D eigenvalue weighted by Crippen LogP contribution is -2.38. The Morgan fingerprint density at radius 3 is 2.10 bits per heavy atom. The van der Waals surface area contributed by atoms with Crippen molar-refractivity contribution in [1.82, 2.24) is 10.7 Å². The van der Waals surface area contributed by atoms with E-state index in [1.165, 1.54) is 6.21 Å². The van der Waals surface area contributed by atoms with E-state index in [4.69, 9.17) is 4.74 Å². The molecule has 2 amide bonds. The Bertz CT molecular complexity index is 972. The molecule has 0 radical (unpaired) electrons. The molecule has 0 aliphatic rings. The van der Waals surface area contributed by atoms with Gasteiger partial charge in [-0.2, -0.15) is 5.10 Å². The molecule has 0 saturated heterocycles. The predicted molar refractivity (Wildman–Crippen MR) is 116 cm³/mol. The first kappa shape index (κ1) is 20.8. The number of benzene rings is 3. The lowest BCUT2D eigenvalue weighted by atomic mass is 10.1. The lowest BCUT2D eigenvalue weighted by molar-refractivity contribution is -0.139. The van der Waals surface area contributed by atoms with Crippen LogP contribution in [0.3, 0.4) is 0 Å². The SMILES string of the molecule is O=C(NCCc1ccccc1)C(=O)N/N=C\c1ccc(OCc2ccccc2)cc1. The van der Waals surface area contributed by atoms with Crippen LogP contribution >= 0.6 is 0 Å². The summed E-state index contributed by atoms with van der Waals surface area (Å²) in [7, 11) is 0. The highest BCUT2D eigenvalue weighted by Gasteiger charge is 2.11. The van der Waals surface area contributed by atoms with Crippen LogP contribution in [0, 0.1) is 0 Å². The molecular formula is C24H23N3O3. The molecule has 3 aromatic carbocycles. The highest BCUT2D eigenvalue weighted by atomic mass is 16.5. The van der Waals surface area contributed by atoms with Crippen molar-refractivity contribution in [3.8, 4) is 5.75 Å². The Balaban J connectivity index is 1.38. The number of hydrogen-bond donors (Lipinski definition) is 2. The molecule has 3 aromatic rings. The third-order valence-electron chi connectivity index (χ3n) is 4.26. The smallest absolute Gasteiger partial charge is 0.329 e. The molecule has 0 fully saturated rings. The standard InChI is InChI=1S/C24H23N3O3/c28-23(25-16-15-19-7-3-1-4-8-19)24(29)27-26-17-20-11-13-22(14-12-20)30-18-21-9-5-2-6-10-21/h1-14,17H,15-16,18H2,(H,25,28)(H,27,29)/b26-17-. The fourth-order valence-electron chi connectivity index (χ4n) is 2.65. The Morgan fingerprint density at radius 2 is 1.43 bits per heavy atom. The maximum Gasteiger partial charge on any atom is 0.329 e. The zero-order valence-corrected chi connectivity index (χ0v) is 16.5. The van der Waals surface area contributed by atoms with Crippen LogP contribution in [0.15, 0.2) is 90.0 Å². The van der Waals surface area contributed by atoms with Gasteiger partial charge in [0.15, 0.2) is 0 Å². The molecule has 2 N–H and O–H groups in total. The molecule has 0 aliphatic carbocycles. The summed E-state index contributed by atoms with van der Waals surface area (Å²) in [6.07, 6.45) is 2.12. The number of nitrogens with one attached hydrogen (secondary N) is 2. The lowest BCUT2D eigenvalue weighted by Gasteiger charge is -2.06. The average molecular weight is 401 g/mol. The van der Waals surface area contributed by atoms with Crippen LogP contribution in [0.2, 0.25) is 0 Å². The highest BCUT2D eigenvalue weighted by Crippen LogP contribution is 2.13. The number of hydrazone groups is 1. The van der Waals surface area contributed by atoms with Gasteiger partial charge in [0.2, 0.25) is 0 Å². The van der Waals surface area contributed by atoms with Crippen LogP contribution in [-0.4, -0.2) is 24.6 Å². The van der Waals surface area contributed by atoms with Gasteiger partial charge >= 0.3 is 11.8 Å². The van der Waals surface area contributed by atoms with Crippen LogP contribution in [0.5, 0.6) is 5.75 Å². The second-order valence-corrected chi connectivity index (χ2v) is 6.53. The summed E-state index contributed by atoms with van der Waals surface area (Å²) in [4.78, 5) is 23.6. The molecule has 0 heterocycles. The van der Waals surface area contributed by atoms with Crippen LogP contribution in [0.25, 0.3) is 0 Å². The molecule has 0 saturated carbocycles. The second-order valence-electron chi connectivity index (χ2n) is 6.53. The third kappa shape index (κ3) is 6.91. The van der Waals surface area contributed by atoms with Gasteiger partial charge in [-0.1, -0.05) is 60.7 Å². The monoisotopic (exact) mass is 401 g/mol. The van der Waals surface area contributed by atoms with E-state index in [0.717, 1.165) is 22.4 Å². The fourth-order valence-corrected chi connectivity index (χ4v) is 2.65. The number of rotatable bonds is 8. The number of nitrogens with zero attached hydrogens (tertiary/aromatic N) is 1. The van der Waals surface area contributed by atoms with Gasteiger partial charge in [0, 0.05) is 6.54 Å². The van der Waals surface area contributed by atoms with Gasteiger partial charge in [-0.05, 0) is 47.4 Å². The van der Waals surface area contributed by atoms with E-state index in [1.807, 2.05) is 84.9 Å². The maximum absolute atomic E-state index is 11.8. The molecule has 0 aliphatic heterocycles. The largest absolute Gasteiger partial charge is 0.489 e. The summed E-state index contributed by atoms with van der Waals surface area (Å²) in [5.41, 5.74) is 5.18. The van der Waals surface area contributed by atoms with Crippen molar-refractivity contribution in [2.24, 2.45) is 5.10 Å². The predicted octanol–water partition coefficient (Wildman–Crippen LogP) is 3.07. The van der Waals surface area contributed by atoms with E-state index in [0.29, 0.717) is 19.6 Å². The quantitative estimate of drug-likeness (QED) is 0.346. The van der Waals surface area contributed by atoms with Gasteiger partial charge in [-0.25, -0.2) is 5.43 Å². The maximum atomic E-state index is 11.8. The molecule has 30 heavy (non-hydrogen) atoms. The van der Waals surface area contributed by atoms with E-state index in [9.17, 15) is 9.59 Å². The second kappa shape index (κ2) is 11.2. The van der Waals surface area contributed by atoms with Crippen molar-refractivity contribution in [3.05, 3.63) is 102 Å². The summed E-state index contributed by atoms with van der Waals surface area (Å²) in [6.45, 7) is 0.869. The van der Waals surface area contributed by atoms with Gasteiger partial charge in [0.25, 0.3) is 0 Å². The summed E-state index contributed by atoms with van der Waals surface area (Å²) >= 11 is 0. The van der Waals surface area contributed by atoms with Crippen LogP contribution in [0.1, 0.15) is 16.7 Å². The Kier molecular flexibility index (Phi) is 7.74. The minimum atomic E-state index is -0.804. The van der Waals surface area contributed by atoms with Gasteiger partial charge in [0.05, 0.1) is 6.21 Å². The molecule has 0 aromatic heterocycles. The van der Waals surface area contributed by atoms with Crippen molar-refractivity contribution in [3.63, 3.8) is 0 Å². The molecule has 6 heteroatoms. The van der Waals surface area contributed by atoms with Gasteiger partial charge in [0.1, 0.15) is 12.4 Å². The summed E-state index contributed by atoms with van der Waals surface area (Å²) in [5, 5.41) is 6.40. The average Bonchev–Trinajstić information content (AvgIpc) is 2.80. The molecule has 0 unspecified atom stereocenters. The number of carbonyl (C=O) groups excluding carboxylic acids is 2. The summed E-state index contributed by atoms with van der Waals surface area (Å²) in [5.74, 6) is -0.785. The van der Waals surface area contributed by atoms with Crippen molar-refractivity contribution < 1.29 is 14.3 Å². The van der Waals surface area contributed by atoms with Gasteiger partial charge in [-0.3, -0.25) is 9.59 Å². The van der Waals surface area contributed by atoms with Crippen molar-refractivity contribution in [2.45, 2.75) is 13.0 Å². The zero-order chi connectivity index (χ0) is 21.0. The first-order valence-electron chi connectivity index (χ1n) is 9.62. The molecule has 0 bridgehead atoms. The molecule has 152 valence electrons. The number of ether oxygens (including phenoxy) is 1. The minimum Gasteiger partial charge on any atom is -0.489 e. The number of carbonyl (C=O) groups is 2. The fraction of sp³-hybridized carbons (Fsp3) is 0.125. The van der Waals surface area contributed by atoms with E-state index in [-0.39, 0.29) is 0 Å². The van der Waals surface area contributed by atoms with Crippen molar-refractivity contribution in [1.29, 1.82) is 0 Å². The first-order valence-corrected chi connectivity index (χ1v) is 9.62. The Labute approximate surface area is 175 Å².